The van der Waals surface area contributed by atoms with Crippen molar-refractivity contribution in [2.24, 2.45) is 5.92 Å². The molecule has 1 heteroatoms. The van der Waals surface area contributed by atoms with Crippen molar-refractivity contribution in [1.82, 2.24) is 0 Å². The van der Waals surface area contributed by atoms with Gasteiger partial charge in [-0.1, -0.05) is 64.8 Å². The summed E-state index contributed by atoms with van der Waals surface area (Å²) in [5, 5.41) is 0. The molecular weight excluding hydrogens is 220 g/mol. The number of hydrogen-bond donors (Lipinski definition) is 0. The second-order valence-electron chi connectivity index (χ2n) is 5.38. The van der Waals surface area contributed by atoms with Crippen LogP contribution in [-0.4, -0.2) is 5.78 Å². The molecule has 18 heavy (non-hydrogen) atoms. The van der Waals surface area contributed by atoms with Crippen LogP contribution < -0.4 is 0 Å². The molecule has 0 aliphatic carbocycles. The fourth-order valence-electron chi connectivity index (χ4n) is 2.55. The topological polar surface area (TPSA) is 17.1 Å². The maximum Gasteiger partial charge on any atom is 0.166 e. The molecule has 0 bridgehead atoms. The average molecular weight is 246 g/mol. The summed E-state index contributed by atoms with van der Waals surface area (Å²) < 4.78 is 0. The standard InChI is InChI=1S/C17H26O/c1-5-9-14(10-6-2)17(18)16-12-8-7-11-15(16)13(3)4/h7-8,11-14H,5-6,9-10H2,1-4H3. The van der Waals surface area contributed by atoms with E-state index in [1.165, 1.54) is 5.56 Å². The lowest BCUT2D eigenvalue weighted by molar-refractivity contribution is 0.0903. The van der Waals surface area contributed by atoms with E-state index in [2.05, 4.69) is 33.8 Å². The van der Waals surface area contributed by atoms with Crippen LogP contribution in [0.3, 0.4) is 0 Å². The van der Waals surface area contributed by atoms with Gasteiger partial charge < -0.3 is 0 Å². The minimum Gasteiger partial charge on any atom is -0.294 e. The minimum absolute atomic E-state index is 0.208. The van der Waals surface area contributed by atoms with Gasteiger partial charge in [-0.05, 0) is 24.3 Å². The maximum atomic E-state index is 12.7. The van der Waals surface area contributed by atoms with E-state index in [0.717, 1.165) is 31.2 Å². The summed E-state index contributed by atoms with van der Waals surface area (Å²) in [6.07, 6.45) is 4.19. The van der Waals surface area contributed by atoms with Gasteiger partial charge in [0.15, 0.2) is 5.78 Å². The van der Waals surface area contributed by atoms with Crippen molar-refractivity contribution >= 4 is 5.78 Å². The van der Waals surface area contributed by atoms with E-state index in [4.69, 9.17) is 0 Å². The van der Waals surface area contributed by atoms with Crippen molar-refractivity contribution in [3.8, 4) is 0 Å². The van der Waals surface area contributed by atoms with Crippen LogP contribution in [0.2, 0.25) is 0 Å². The van der Waals surface area contributed by atoms with Crippen LogP contribution in [0.1, 0.15) is 75.2 Å². The molecule has 0 fully saturated rings. The summed E-state index contributed by atoms with van der Waals surface area (Å²) in [7, 11) is 0. The molecule has 0 saturated heterocycles. The number of rotatable bonds is 7. The largest absolute Gasteiger partial charge is 0.294 e. The first-order valence-corrected chi connectivity index (χ1v) is 7.24. The summed E-state index contributed by atoms with van der Waals surface area (Å²) in [5.41, 5.74) is 2.14. The molecule has 1 rings (SSSR count). The molecule has 0 N–H and O–H groups in total. The van der Waals surface area contributed by atoms with Crippen molar-refractivity contribution in [2.75, 3.05) is 0 Å². The highest BCUT2D eigenvalue weighted by Crippen LogP contribution is 2.25. The second-order valence-corrected chi connectivity index (χ2v) is 5.38. The zero-order chi connectivity index (χ0) is 13.5. The van der Waals surface area contributed by atoms with E-state index in [-0.39, 0.29) is 5.92 Å². The van der Waals surface area contributed by atoms with E-state index in [1.807, 2.05) is 18.2 Å². The summed E-state index contributed by atoms with van der Waals surface area (Å²) in [6.45, 7) is 8.62. The van der Waals surface area contributed by atoms with Gasteiger partial charge in [0.1, 0.15) is 0 Å². The Bertz CT molecular complexity index is 373. The Morgan fingerprint density at radius 1 is 1.06 bits per heavy atom. The molecule has 1 nitrogen and oxygen atoms in total. The monoisotopic (exact) mass is 246 g/mol. The van der Waals surface area contributed by atoms with Crippen molar-refractivity contribution < 1.29 is 4.79 Å². The van der Waals surface area contributed by atoms with E-state index < -0.39 is 0 Å². The van der Waals surface area contributed by atoms with E-state index >= 15 is 0 Å². The third-order valence-corrected chi connectivity index (χ3v) is 3.49. The molecule has 100 valence electrons. The lowest BCUT2D eigenvalue weighted by Crippen LogP contribution is -2.16. The lowest BCUT2D eigenvalue weighted by Gasteiger charge is -2.18. The zero-order valence-corrected chi connectivity index (χ0v) is 12.2. The van der Waals surface area contributed by atoms with Gasteiger partial charge in [-0.25, -0.2) is 0 Å². The number of Topliss-reactive ketones (excluding diaryl/α,β-unsaturated/α-hetero) is 1. The van der Waals surface area contributed by atoms with Gasteiger partial charge in [0.2, 0.25) is 0 Å². The SMILES string of the molecule is CCCC(CCC)C(=O)c1ccccc1C(C)C. The normalized spacial score (nSPS) is 11.2. The first-order chi connectivity index (χ1) is 8.61. The molecule has 0 aromatic heterocycles. The predicted octanol–water partition coefficient (Wildman–Crippen LogP) is 5.21. The van der Waals surface area contributed by atoms with Gasteiger partial charge in [0, 0.05) is 11.5 Å². The predicted molar refractivity (Wildman–Crippen MR) is 78.2 cm³/mol. The van der Waals surface area contributed by atoms with Gasteiger partial charge >= 0.3 is 0 Å². The molecule has 0 spiro atoms. The minimum atomic E-state index is 0.208. The molecule has 1 aromatic carbocycles. The average Bonchev–Trinajstić information content (AvgIpc) is 2.37. The Morgan fingerprint density at radius 3 is 2.11 bits per heavy atom. The summed E-state index contributed by atoms with van der Waals surface area (Å²) in [5.74, 6) is 0.969. The molecule has 0 amide bonds. The third-order valence-electron chi connectivity index (χ3n) is 3.49. The van der Waals surface area contributed by atoms with Crippen LogP contribution in [-0.2, 0) is 0 Å². The molecule has 0 heterocycles. The van der Waals surface area contributed by atoms with Gasteiger partial charge in [-0.2, -0.15) is 0 Å². The number of carbonyl (C=O) groups is 1. The molecule has 0 unspecified atom stereocenters. The van der Waals surface area contributed by atoms with Gasteiger partial charge in [-0.3, -0.25) is 4.79 Å². The molecule has 0 atom stereocenters. The fourth-order valence-corrected chi connectivity index (χ4v) is 2.55. The summed E-state index contributed by atoms with van der Waals surface area (Å²) in [4.78, 5) is 12.7. The molecule has 0 aliphatic rings. The molecule has 1 aromatic rings. The Labute approximate surface area is 112 Å². The van der Waals surface area contributed by atoms with Gasteiger partial charge in [-0.15, -0.1) is 0 Å². The van der Waals surface area contributed by atoms with Crippen LogP contribution in [0.15, 0.2) is 24.3 Å². The van der Waals surface area contributed by atoms with Crippen LogP contribution >= 0.6 is 0 Å². The van der Waals surface area contributed by atoms with Gasteiger partial charge in [0.05, 0.1) is 0 Å². The van der Waals surface area contributed by atoms with Crippen LogP contribution in [0.4, 0.5) is 0 Å². The Morgan fingerprint density at radius 2 is 1.61 bits per heavy atom. The summed E-state index contributed by atoms with van der Waals surface area (Å²) >= 11 is 0. The Balaban J connectivity index is 3.00. The number of benzene rings is 1. The Kier molecular flexibility index (Phi) is 6.11. The smallest absolute Gasteiger partial charge is 0.166 e. The highest BCUT2D eigenvalue weighted by atomic mass is 16.1. The zero-order valence-electron chi connectivity index (χ0n) is 12.2. The van der Waals surface area contributed by atoms with Crippen LogP contribution in [0, 0.1) is 5.92 Å². The first-order valence-electron chi connectivity index (χ1n) is 7.24. The number of ketones is 1. The van der Waals surface area contributed by atoms with E-state index in [0.29, 0.717) is 11.7 Å². The van der Waals surface area contributed by atoms with Crippen LogP contribution in [0.25, 0.3) is 0 Å². The van der Waals surface area contributed by atoms with Gasteiger partial charge in [0.25, 0.3) is 0 Å². The first kappa shape index (κ1) is 14.9. The van der Waals surface area contributed by atoms with Crippen molar-refractivity contribution in [1.29, 1.82) is 0 Å². The molecule has 0 aliphatic heterocycles. The Hall–Kier alpha value is -1.11. The summed E-state index contributed by atoms with van der Waals surface area (Å²) in [6, 6.07) is 8.09. The molecular formula is C17H26O. The molecule has 0 radical (unpaired) electrons. The maximum absolute atomic E-state index is 12.7. The second kappa shape index (κ2) is 7.35. The highest BCUT2D eigenvalue weighted by Gasteiger charge is 2.21. The highest BCUT2D eigenvalue weighted by molar-refractivity contribution is 5.99. The number of hydrogen-bond acceptors (Lipinski definition) is 1. The third kappa shape index (κ3) is 3.69. The quantitative estimate of drug-likeness (QED) is 0.604. The van der Waals surface area contributed by atoms with E-state index in [1.54, 1.807) is 0 Å². The van der Waals surface area contributed by atoms with Crippen molar-refractivity contribution in [2.45, 2.75) is 59.3 Å². The fraction of sp³-hybridized carbons (Fsp3) is 0.588. The lowest BCUT2D eigenvalue weighted by atomic mass is 9.85. The van der Waals surface area contributed by atoms with Crippen molar-refractivity contribution in [3.05, 3.63) is 35.4 Å². The van der Waals surface area contributed by atoms with Crippen LogP contribution in [0.5, 0.6) is 0 Å². The van der Waals surface area contributed by atoms with E-state index in [9.17, 15) is 4.79 Å². The number of carbonyl (C=O) groups excluding carboxylic acids is 1. The van der Waals surface area contributed by atoms with Crippen molar-refractivity contribution in [3.63, 3.8) is 0 Å². The molecule has 0 saturated carbocycles.